The van der Waals surface area contributed by atoms with E-state index >= 15 is 0 Å². The fraction of sp³-hybridized carbons (Fsp3) is 0.211. The first-order valence-electron chi connectivity index (χ1n) is 7.68. The molecule has 1 atom stereocenters. The van der Waals surface area contributed by atoms with Crippen LogP contribution in [0.2, 0.25) is 5.02 Å². The van der Waals surface area contributed by atoms with Crippen LogP contribution in [0.3, 0.4) is 0 Å². The molecule has 0 spiro atoms. The lowest BCUT2D eigenvalue weighted by atomic mass is 10.0. The van der Waals surface area contributed by atoms with Gasteiger partial charge in [0.05, 0.1) is 0 Å². The van der Waals surface area contributed by atoms with Crippen LogP contribution in [-0.2, 0) is 0 Å². The average molecular weight is 346 g/mol. The maximum Gasteiger partial charge on any atom is 0.287 e. The van der Waals surface area contributed by atoms with Crippen molar-refractivity contribution in [3.8, 4) is 0 Å². The van der Waals surface area contributed by atoms with E-state index in [2.05, 4.69) is 5.32 Å². The van der Waals surface area contributed by atoms with Crippen LogP contribution in [-0.4, -0.2) is 12.5 Å². The van der Waals surface area contributed by atoms with Gasteiger partial charge in [-0.3, -0.25) is 4.79 Å². The summed E-state index contributed by atoms with van der Waals surface area (Å²) in [6.45, 7) is 4.24. The van der Waals surface area contributed by atoms with Gasteiger partial charge in [-0.25, -0.2) is 4.39 Å². The third kappa shape index (κ3) is 3.29. The zero-order valence-electron chi connectivity index (χ0n) is 13.4. The van der Waals surface area contributed by atoms with Gasteiger partial charge in [0.15, 0.2) is 5.76 Å². The Labute approximate surface area is 144 Å². The summed E-state index contributed by atoms with van der Waals surface area (Å²) in [4.78, 5) is 12.4. The summed E-state index contributed by atoms with van der Waals surface area (Å²) in [5.74, 6) is -0.187. The van der Waals surface area contributed by atoms with Crippen molar-refractivity contribution in [1.82, 2.24) is 5.32 Å². The normalized spacial score (nSPS) is 12.3. The Morgan fingerprint density at radius 1 is 1.25 bits per heavy atom. The quantitative estimate of drug-likeness (QED) is 0.717. The summed E-state index contributed by atoms with van der Waals surface area (Å²) in [7, 11) is 0. The summed E-state index contributed by atoms with van der Waals surface area (Å²) in [6, 6.07) is 11.5. The summed E-state index contributed by atoms with van der Waals surface area (Å²) >= 11 is 5.99. The number of nitrogens with one attached hydrogen (secondary N) is 1. The number of fused-ring (bicyclic) bond motifs is 1. The molecule has 1 heterocycles. The molecular weight excluding hydrogens is 329 g/mol. The highest BCUT2D eigenvalue weighted by Crippen LogP contribution is 2.28. The maximum atomic E-state index is 13.0. The second-order valence-electron chi connectivity index (χ2n) is 5.86. The van der Waals surface area contributed by atoms with Crippen molar-refractivity contribution >= 4 is 28.5 Å². The Balaban J connectivity index is 1.73. The van der Waals surface area contributed by atoms with Crippen molar-refractivity contribution in [3.63, 3.8) is 0 Å². The third-order valence-electron chi connectivity index (χ3n) is 4.11. The van der Waals surface area contributed by atoms with E-state index < -0.39 is 0 Å². The second kappa shape index (κ2) is 6.65. The number of carbonyl (C=O) groups is 1. The Kier molecular flexibility index (Phi) is 4.58. The number of carbonyl (C=O) groups excluding carboxylic acids is 1. The molecule has 3 nitrogen and oxygen atoms in total. The van der Waals surface area contributed by atoms with Crippen molar-refractivity contribution < 1.29 is 13.6 Å². The minimum Gasteiger partial charge on any atom is -0.451 e. The van der Waals surface area contributed by atoms with Crippen LogP contribution in [0.25, 0.3) is 11.0 Å². The zero-order valence-corrected chi connectivity index (χ0v) is 14.2. The van der Waals surface area contributed by atoms with Crippen LogP contribution >= 0.6 is 11.6 Å². The number of benzene rings is 2. The van der Waals surface area contributed by atoms with Crippen LogP contribution in [0, 0.1) is 12.7 Å². The highest BCUT2D eigenvalue weighted by atomic mass is 35.5. The summed E-state index contributed by atoms with van der Waals surface area (Å²) in [6.07, 6.45) is 0. The average Bonchev–Trinajstić information content (AvgIpc) is 2.89. The van der Waals surface area contributed by atoms with Gasteiger partial charge in [-0.2, -0.15) is 0 Å². The molecule has 5 heteroatoms. The van der Waals surface area contributed by atoms with E-state index in [1.807, 2.05) is 13.8 Å². The fourth-order valence-electron chi connectivity index (χ4n) is 2.64. The summed E-state index contributed by atoms with van der Waals surface area (Å²) < 4.78 is 18.6. The molecule has 0 saturated carbocycles. The molecule has 1 aromatic heterocycles. The number of hydrogen-bond acceptors (Lipinski definition) is 2. The van der Waals surface area contributed by atoms with E-state index in [4.69, 9.17) is 16.0 Å². The molecule has 0 saturated heterocycles. The molecule has 3 rings (SSSR count). The number of furan rings is 1. The largest absolute Gasteiger partial charge is 0.451 e. The monoisotopic (exact) mass is 345 g/mol. The van der Waals surface area contributed by atoms with Crippen molar-refractivity contribution in [3.05, 3.63) is 70.2 Å². The molecule has 0 fully saturated rings. The molecule has 1 amide bonds. The van der Waals surface area contributed by atoms with E-state index in [1.54, 1.807) is 30.3 Å². The van der Waals surface area contributed by atoms with Gasteiger partial charge in [-0.15, -0.1) is 0 Å². The van der Waals surface area contributed by atoms with Gasteiger partial charge in [-0.05, 0) is 48.7 Å². The van der Waals surface area contributed by atoms with Crippen LogP contribution in [0.4, 0.5) is 4.39 Å². The van der Waals surface area contributed by atoms with Gasteiger partial charge >= 0.3 is 0 Å². The molecule has 1 unspecified atom stereocenters. The van der Waals surface area contributed by atoms with E-state index in [1.165, 1.54) is 12.1 Å². The molecule has 0 aliphatic carbocycles. The molecular formula is C19H17ClFNO2. The first-order valence-corrected chi connectivity index (χ1v) is 8.06. The Hall–Kier alpha value is -2.33. The summed E-state index contributed by atoms with van der Waals surface area (Å²) in [5, 5.41) is 4.30. The standard InChI is InChI=1S/C19H17ClFNO2/c1-11(13-3-6-15(21)7-4-13)10-22-19(23)18-12(2)16-9-14(20)5-8-17(16)24-18/h3-9,11H,10H2,1-2H3,(H,22,23). The van der Waals surface area contributed by atoms with Gasteiger partial charge in [0.1, 0.15) is 11.4 Å². The SMILES string of the molecule is Cc1c(C(=O)NCC(C)c2ccc(F)cc2)oc2ccc(Cl)cc12. The van der Waals surface area contributed by atoms with Gasteiger partial charge in [0, 0.05) is 22.5 Å². The Morgan fingerprint density at radius 2 is 1.96 bits per heavy atom. The first kappa shape index (κ1) is 16.5. The third-order valence-corrected chi connectivity index (χ3v) is 4.35. The Morgan fingerprint density at radius 3 is 2.67 bits per heavy atom. The molecule has 1 N–H and O–H groups in total. The predicted octanol–water partition coefficient (Wildman–Crippen LogP) is 5.07. The topological polar surface area (TPSA) is 42.2 Å². The molecule has 0 aliphatic heterocycles. The smallest absolute Gasteiger partial charge is 0.287 e. The number of amides is 1. The van der Waals surface area contributed by atoms with E-state index in [0.717, 1.165) is 16.5 Å². The zero-order chi connectivity index (χ0) is 17.3. The van der Waals surface area contributed by atoms with Crippen LogP contribution in [0.15, 0.2) is 46.9 Å². The van der Waals surface area contributed by atoms with Gasteiger partial charge < -0.3 is 9.73 Å². The first-order chi connectivity index (χ1) is 11.5. The molecule has 3 aromatic rings. The molecule has 24 heavy (non-hydrogen) atoms. The lowest BCUT2D eigenvalue weighted by Crippen LogP contribution is -2.27. The van der Waals surface area contributed by atoms with Crippen LogP contribution < -0.4 is 5.32 Å². The van der Waals surface area contributed by atoms with Crippen LogP contribution in [0.5, 0.6) is 0 Å². The van der Waals surface area contributed by atoms with Gasteiger partial charge in [0.2, 0.25) is 0 Å². The molecule has 0 radical (unpaired) electrons. The predicted molar refractivity (Wildman–Crippen MR) is 93.1 cm³/mol. The van der Waals surface area contributed by atoms with Crippen molar-refractivity contribution in [2.24, 2.45) is 0 Å². The van der Waals surface area contributed by atoms with E-state index in [9.17, 15) is 9.18 Å². The van der Waals surface area contributed by atoms with Crippen molar-refractivity contribution in [2.45, 2.75) is 19.8 Å². The van der Waals surface area contributed by atoms with E-state index in [-0.39, 0.29) is 17.6 Å². The number of hydrogen-bond donors (Lipinski definition) is 1. The highest BCUT2D eigenvalue weighted by Gasteiger charge is 2.18. The number of aryl methyl sites for hydroxylation is 1. The molecule has 0 aliphatic rings. The maximum absolute atomic E-state index is 13.0. The summed E-state index contributed by atoms with van der Waals surface area (Å²) in [5.41, 5.74) is 2.36. The van der Waals surface area contributed by atoms with E-state index in [0.29, 0.717) is 22.9 Å². The number of rotatable bonds is 4. The number of halogens is 2. The van der Waals surface area contributed by atoms with Crippen LogP contribution in [0.1, 0.15) is 34.5 Å². The fourth-order valence-corrected chi connectivity index (χ4v) is 2.82. The molecule has 2 aromatic carbocycles. The minimum atomic E-state index is -0.272. The second-order valence-corrected chi connectivity index (χ2v) is 6.30. The van der Waals surface area contributed by atoms with Crippen molar-refractivity contribution in [1.29, 1.82) is 0 Å². The highest BCUT2D eigenvalue weighted by molar-refractivity contribution is 6.31. The van der Waals surface area contributed by atoms with Crippen molar-refractivity contribution in [2.75, 3.05) is 6.54 Å². The lowest BCUT2D eigenvalue weighted by molar-refractivity contribution is 0.0925. The molecule has 0 bridgehead atoms. The Bertz CT molecular complexity index is 886. The molecule has 124 valence electrons. The minimum absolute atomic E-state index is 0.0636. The van der Waals surface area contributed by atoms with Gasteiger partial charge in [0.25, 0.3) is 5.91 Å². The lowest BCUT2D eigenvalue weighted by Gasteiger charge is -2.12. The van der Waals surface area contributed by atoms with Gasteiger partial charge in [-0.1, -0.05) is 30.7 Å².